The number of piperazine rings is 1. The standard InChI is InChI=1S/C16H31N3/c1-16(2)7-6-14(17-3)15(12-16)19-10-8-18(9-11-19)13-4-5-13/h13-15,17H,4-12H2,1-3H3. The van der Waals surface area contributed by atoms with E-state index in [1.165, 1.54) is 58.3 Å². The van der Waals surface area contributed by atoms with Crippen molar-refractivity contribution >= 4 is 0 Å². The van der Waals surface area contributed by atoms with Gasteiger partial charge in [0.1, 0.15) is 0 Å². The Morgan fingerprint density at radius 1 is 0.947 bits per heavy atom. The predicted octanol–water partition coefficient (Wildman–Crippen LogP) is 1.93. The first-order valence-electron chi connectivity index (χ1n) is 8.24. The van der Waals surface area contributed by atoms with Crippen molar-refractivity contribution < 1.29 is 0 Å². The minimum absolute atomic E-state index is 0.533. The van der Waals surface area contributed by atoms with Crippen LogP contribution in [0, 0.1) is 5.41 Å². The lowest BCUT2D eigenvalue weighted by atomic mass is 9.72. The molecule has 0 aromatic rings. The second kappa shape index (κ2) is 5.34. The van der Waals surface area contributed by atoms with Crippen LogP contribution >= 0.6 is 0 Å². The van der Waals surface area contributed by atoms with Gasteiger partial charge < -0.3 is 5.32 Å². The first-order chi connectivity index (χ1) is 9.09. The fraction of sp³-hybridized carbons (Fsp3) is 1.00. The maximum absolute atomic E-state index is 3.58. The zero-order valence-electron chi connectivity index (χ0n) is 13.0. The van der Waals surface area contributed by atoms with Gasteiger partial charge in [0.05, 0.1) is 0 Å². The zero-order valence-corrected chi connectivity index (χ0v) is 13.0. The highest BCUT2D eigenvalue weighted by Gasteiger charge is 2.39. The van der Waals surface area contributed by atoms with Crippen LogP contribution in [0.5, 0.6) is 0 Å². The molecule has 0 spiro atoms. The molecule has 3 nitrogen and oxygen atoms in total. The molecule has 2 atom stereocenters. The Bertz CT molecular complexity index is 303. The van der Waals surface area contributed by atoms with Gasteiger partial charge in [-0.2, -0.15) is 0 Å². The molecule has 3 rings (SSSR count). The molecule has 0 bridgehead atoms. The normalized spacial score (nSPS) is 37.4. The topological polar surface area (TPSA) is 18.5 Å². The number of rotatable bonds is 3. The smallest absolute Gasteiger partial charge is 0.0255 e. The first-order valence-corrected chi connectivity index (χ1v) is 8.24. The van der Waals surface area contributed by atoms with Crippen molar-refractivity contribution in [3.05, 3.63) is 0 Å². The van der Waals surface area contributed by atoms with Crippen molar-refractivity contribution in [2.45, 2.75) is 64.1 Å². The zero-order chi connectivity index (χ0) is 13.5. The Hall–Kier alpha value is -0.120. The summed E-state index contributed by atoms with van der Waals surface area (Å²) in [4.78, 5) is 5.50. The Morgan fingerprint density at radius 3 is 2.16 bits per heavy atom. The SMILES string of the molecule is CNC1CCC(C)(C)CC1N1CCN(C2CC2)CC1. The van der Waals surface area contributed by atoms with Crippen LogP contribution in [0.15, 0.2) is 0 Å². The Kier molecular flexibility index (Phi) is 3.89. The summed E-state index contributed by atoms with van der Waals surface area (Å²) in [6.07, 6.45) is 6.99. The summed E-state index contributed by atoms with van der Waals surface area (Å²) in [6.45, 7) is 10.1. The number of hydrogen-bond donors (Lipinski definition) is 1. The largest absolute Gasteiger partial charge is 0.315 e. The van der Waals surface area contributed by atoms with Crippen LogP contribution in [0.2, 0.25) is 0 Å². The molecule has 2 aliphatic carbocycles. The third-order valence-electron chi connectivity index (χ3n) is 5.61. The minimum Gasteiger partial charge on any atom is -0.315 e. The van der Waals surface area contributed by atoms with E-state index in [-0.39, 0.29) is 0 Å². The van der Waals surface area contributed by atoms with Gasteiger partial charge in [-0.05, 0) is 44.6 Å². The number of nitrogens with zero attached hydrogens (tertiary/aromatic N) is 2. The van der Waals surface area contributed by atoms with E-state index < -0.39 is 0 Å². The second-order valence-corrected chi connectivity index (χ2v) is 7.67. The van der Waals surface area contributed by atoms with E-state index >= 15 is 0 Å². The van der Waals surface area contributed by atoms with Crippen LogP contribution in [-0.4, -0.2) is 61.2 Å². The van der Waals surface area contributed by atoms with Gasteiger partial charge in [-0.1, -0.05) is 13.8 Å². The van der Waals surface area contributed by atoms with E-state index in [1.54, 1.807) is 0 Å². The fourth-order valence-electron chi connectivity index (χ4n) is 4.14. The Morgan fingerprint density at radius 2 is 1.58 bits per heavy atom. The van der Waals surface area contributed by atoms with E-state index in [9.17, 15) is 0 Å². The lowest BCUT2D eigenvalue weighted by Gasteiger charge is -2.48. The van der Waals surface area contributed by atoms with Crippen LogP contribution in [0.1, 0.15) is 46.0 Å². The molecule has 1 saturated heterocycles. The van der Waals surface area contributed by atoms with Gasteiger partial charge >= 0.3 is 0 Å². The molecule has 0 amide bonds. The van der Waals surface area contributed by atoms with E-state index in [4.69, 9.17) is 0 Å². The fourth-order valence-corrected chi connectivity index (χ4v) is 4.14. The van der Waals surface area contributed by atoms with Crippen LogP contribution in [0.4, 0.5) is 0 Å². The molecule has 0 aromatic heterocycles. The third-order valence-corrected chi connectivity index (χ3v) is 5.61. The molecule has 19 heavy (non-hydrogen) atoms. The summed E-state index contributed by atoms with van der Waals surface area (Å²) in [5, 5.41) is 3.58. The summed E-state index contributed by atoms with van der Waals surface area (Å²) in [7, 11) is 2.15. The highest BCUT2D eigenvalue weighted by atomic mass is 15.3. The third kappa shape index (κ3) is 3.14. The molecule has 1 aliphatic heterocycles. The Labute approximate surface area is 118 Å². The van der Waals surface area contributed by atoms with Gasteiger partial charge in [-0.15, -0.1) is 0 Å². The van der Waals surface area contributed by atoms with E-state index in [2.05, 4.69) is 36.0 Å². The maximum atomic E-state index is 3.58. The van der Waals surface area contributed by atoms with Gasteiger partial charge in [-0.25, -0.2) is 0 Å². The molecule has 3 fully saturated rings. The molecule has 0 aromatic carbocycles. The molecular weight excluding hydrogens is 234 g/mol. The molecule has 3 heteroatoms. The van der Waals surface area contributed by atoms with E-state index in [0.717, 1.165) is 12.1 Å². The predicted molar refractivity (Wildman–Crippen MR) is 80.4 cm³/mol. The molecule has 0 radical (unpaired) electrons. The average molecular weight is 265 g/mol. The van der Waals surface area contributed by atoms with E-state index in [1.807, 2.05) is 0 Å². The van der Waals surface area contributed by atoms with Crippen molar-refractivity contribution in [1.29, 1.82) is 0 Å². The number of likely N-dealkylation sites (N-methyl/N-ethyl adjacent to an activating group) is 1. The molecule has 2 saturated carbocycles. The van der Waals surface area contributed by atoms with Gasteiger partial charge in [0.2, 0.25) is 0 Å². The molecule has 3 aliphatic rings. The highest BCUT2D eigenvalue weighted by Crippen LogP contribution is 2.38. The van der Waals surface area contributed by atoms with Gasteiger partial charge in [-0.3, -0.25) is 9.80 Å². The lowest BCUT2D eigenvalue weighted by Crippen LogP contribution is -2.59. The van der Waals surface area contributed by atoms with Gasteiger partial charge in [0.25, 0.3) is 0 Å². The van der Waals surface area contributed by atoms with Crippen molar-refractivity contribution in [2.75, 3.05) is 33.2 Å². The first kappa shape index (κ1) is 13.8. The van der Waals surface area contributed by atoms with Gasteiger partial charge in [0.15, 0.2) is 0 Å². The molecule has 1 heterocycles. The molecule has 110 valence electrons. The minimum atomic E-state index is 0.533. The summed E-state index contributed by atoms with van der Waals surface area (Å²) in [6, 6.07) is 2.42. The monoisotopic (exact) mass is 265 g/mol. The molecule has 2 unspecified atom stereocenters. The maximum Gasteiger partial charge on any atom is 0.0255 e. The number of hydrogen-bond acceptors (Lipinski definition) is 3. The average Bonchev–Trinajstić information content (AvgIpc) is 3.22. The highest BCUT2D eigenvalue weighted by molar-refractivity contribution is 4.96. The summed E-state index contributed by atoms with van der Waals surface area (Å²) in [5.41, 5.74) is 0.533. The van der Waals surface area contributed by atoms with Crippen molar-refractivity contribution in [3.8, 4) is 0 Å². The lowest BCUT2D eigenvalue weighted by molar-refractivity contribution is 0.0286. The Balaban J connectivity index is 1.59. The van der Waals surface area contributed by atoms with Crippen molar-refractivity contribution in [3.63, 3.8) is 0 Å². The van der Waals surface area contributed by atoms with Crippen molar-refractivity contribution in [1.82, 2.24) is 15.1 Å². The molecular formula is C16H31N3. The number of nitrogens with one attached hydrogen (secondary N) is 1. The van der Waals surface area contributed by atoms with E-state index in [0.29, 0.717) is 11.5 Å². The van der Waals surface area contributed by atoms with Crippen LogP contribution in [0.3, 0.4) is 0 Å². The quantitative estimate of drug-likeness (QED) is 0.841. The summed E-state index contributed by atoms with van der Waals surface area (Å²) in [5.74, 6) is 0. The van der Waals surface area contributed by atoms with Crippen molar-refractivity contribution in [2.24, 2.45) is 5.41 Å². The summed E-state index contributed by atoms with van der Waals surface area (Å²) < 4.78 is 0. The van der Waals surface area contributed by atoms with Crippen LogP contribution in [-0.2, 0) is 0 Å². The molecule has 1 N–H and O–H groups in total. The van der Waals surface area contributed by atoms with Crippen LogP contribution in [0.25, 0.3) is 0 Å². The van der Waals surface area contributed by atoms with Crippen LogP contribution < -0.4 is 5.32 Å². The second-order valence-electron chi connectivity index (χ2n) is 7.67. The van der Waals surface area contributed by atoms with Gasteiger partial charge in [0, 0.05) is 44.3 Å². The summed E-state index contributed by atoms with van der Waals surface area (Å²) >= 11 is 0.